The first-order valence-corrected chi connectivity index (χ1v) is 7.21. The summed E-state index contributed by atoms with van der Waals surface area (Å²) < 4.78 is 15.9. The van der Waals surface area contributed by atoms with Crippen molar-refractivity contribution in [1.29, 1.82) is 0 Å². The normalized spacial score (nSPS) is 11.6. The van der Waals surface area contributed by atoms with E-state index < -0.39 is 0 Å². The highest BCUT2D eigenvalue weighted by atomic mass is 35.5. The first-order valence-electron chi connectivity index (χ1n) is 6.84. The minimum absolute atomic E-state index is 0.208. The Hall–Kier alpha value is -2.20. The van der Waals surface area contributed by atoms with Crippen LogP contribution in [0.1, 0.15) is 13.3 Å². The zero-order chi connectivity index (χ0) is 15.9. The number of esters is 1. The van der Waals surface area contributed by atoms with Crippen molar-refractivity contribution in [3.05, 3.63) is 53.6 Å². The summed E-state index contributed by atoms with van der Waals surface area (Å²) in [6.07, 6.45) is -0.0463. The third-order valence-electron chi connectivity index (χ3n) is 2.89. The highest BCUT2D eigenvalue weighted by molar-refractivity contribution is 6.30. The lowest BCUT2D eigenvalue weighted by molar-refractivity contribution is -0.142. The van der Waals surface area contributed by atoms with E-state index in [4.69, 9.17) is 21.1 Å². The highest BCUT2D eigenvalue weighted by Gasteiger charge is 2.10. The molecule has 0 heterocycles. The predicted octanol–water partition coefficient (Wildman–Crippen LogP) is 4.46. The predicted molar refractivity (Wildman–Crippen MR) is 84.7 cm³/mol. The molecule has 0 aliphatic rings. The lowest BCUT2D eigenvalue weighted by Gasteiger charge is -2.14. The molecule has 0 bridgehead atoms. The second-order valence-electron chi connectivity index (χ2n) is 4.74. The van der Waals surface area contributed by atoms with Gasteiger partial charge < -0.3 is 14.2 Å². The molecule has 0 radical (unpaired) electrons. The number of carbonyl (C=O) groups excluding carboxylic acids is 1. The van der Waals surface area contributed by atoms with Crippen molar-refractivity contribution in [3.63, 3.8) is 0 Å². The van der Waals surface area contributed by atoms with Crippen LogP contribution in [0.2, 0.25) is 5.02 Å². The van der Waals surface area contributed by atoms with E-state index >= 15 is 0 Å². The number of ether oxygens (including phenoxy) is 3. The summed E-state index contributed by atoms with van der Waals surface area (Å²) >= 11 is 5.83. The van der Waals surface area contributed by atoms with Gasteiger partial charge in [0.15, 0.2) is 0 Å². The first-order chi connectivity index (χ1) is 10.6. The highest BCUT2D eigenvalue weighted by Crippen LogP contribution is 2.25. The Bertz CT molecular complexity index is 608. The van der Waals surface area contributed by atoms with Crippen molar-refractivity contribution >= 4 is 17.6 Å². The maximum atomic E-state index is 11.2. The Labute approximate surface area is 134 Å². The molecule has 1 unspecified atom stereocenters. The van der Waals surface area contributed by atoms with Gasteiger partial charge in [0, 0.05) is 5.02 Å². The second kappa shape index (κ2) is 7.71. The summed E-state index contributed by atoms with van der Waals surface area (Å²) in [7, 11) is 1.36. The molecule has 0 aromatic heterocycles. The van der Waals surface area contributed by atoms with E-state index in [1.807, 2.05) is 6.92 Å². The van der Waals surface area contributed by atoms with E-state index in [2.05, 4.69) is 4.74 Å². The molecular formula is C17H17ClO4. The number of carbonyl (C=O) groups is 1. The van der Waals surface area contributed by atoms with E-state index in [9.17, 15) is 4.79 Å². The Morgan fingerprint density at radius 2 is 1.50 bits per heavy atom. The van der Waals surface area contributed by atoms with Crippen molar-refractivity contribution in [3.8, 4) is 17.2 Å². The fraction of sp³-hybridized carbons (Fsp3) is 0.235. The molecule has 0 N–H and O–H groups in total. The molecule has 5 heteroatoms. The second-order valence-corrected chi connectivity index (χ2v) is 5.17. The first kappa shape index (κ1) is 16.2. The molecule has 1 atom stereocenters. The SMILES string of the molecule is COC(=O)CC(C)Oc1ccc(Oc2ccc(Cl)cc2)cc1. The van der Waals surface area contributed by atoms with Crippen molar-refractivity contribution in [1.82, 2.24) is 0 Å². The summed E-state index contributed by atoms with van der Waals surface area (Å²) in [5.41, 5.74) is 0. The van der Waals surface area contributed by atoms with Gasteiger partial charge in [0.1, 0.15) is 23.4 Å². The summed E-state index contributed by atoms with van der Waals surface area (Å²) in [6.45, 7) is 1.81. The number of rotatable bonds is 6. The number of methoxy groups -OCH3 is 1. The number of halogens is 1. The number of hydrogen-bond acceptors (Lipinski definition) is 4. The molecule has 2 aromatic rings. The Morgan fingerprint density at radius 3 is 2.05 bits per heavy atom. The third-order valence-corrected chi connectivity index (χ3v) is 3.14. The molecular weight excluding hydrogens is 304 g/mol. The quantitative estimate of drug-likeness (QED) is 0.737. The van der Waals surface area contributed by atoms with Gasteiger partial charge in [-0.25, -0.2) is 0 Å². The monoisotopic (exact) mass is 320 g/mol. The van der Waals surface area contributed by atoms with Gasteiger partial charge in [-0.1, -0.05) is 11.6 Å². The molecule has 116 valence electrons. The average Bonchev–Trinajstić information content (AvgIpc) is 2.51. The van der Waals surface area contributed by atoms with Crippen LogP contribution in [0.25, 0.3) is 0 Å². The minimum Gasteiger partial charge on any atom is -0.490 e. The van der Waals surface area contributed by atoms with E-state index in [0.717, 1.165) is 0 Å². The number of benzene rings is 2. The van der Waals surface area contributed by atoms with Crippen molar-refractivity contribution in [2.45, 2.75) is 19.4 Å². The standard InChI is InChI=1S/C17H17ClO4/c1-12(11-17(19)20-2)21-14-7-9-16(10-8-14)22-15-5-3-13(18)4-6-15/h3-10,12H,11H2,1-2H3. The van der Waals surface area contributed by atoms with Gasteiger partial charge in [0.05, 0.1) is 13.5 Å². The molecule has 2 rings (SSSR count). The third kappa shape index (κ3) is 4.97. The van der Waals surface area contributed by atoms with Gasteiger partial charge in [0.25, 0.3) is 0 Å². The lowest BCUT2D eigenvalue weighted by Crippen LogP contribution is -2.17. The van der Waals surface area contributed by atoms with Crippen LogP contribution in [0.15, 0.2) is 48.5 Å². The molecule has 0 saturated carbocycles. The molecule has 0 aliphatic carbocycles. The zero-order valence-electron chi connectivity index (χ0n) is 12.4. The van der Waals surface area contributed by atoms with Gasteiger partial charge in [-0.2, -0.15) is 0 Å². The van der Waals surface area contributed by atoms with Crippen LogP contribution in [0.4, 0.5) is 0 Å². The van der Waals surface area contributed by atoms with E-state index in [-0.39, 0.29) is 18.5 Å². The molecule has 22 heavy (non-hydrogen) atoms. The fourth-order valence-electron chi connectivity index (χ4n) is 1.82. The van der Waals surface area contributed by atoms with Crippen LogP contribution in [-0.2, 0) is 9.53 Å². The lowest BCUT2D eigenvalue weighted by atomic mass is 10.2. The summed E-state index contributed by atoms with van der Waals surface area (Å²) in [4.78, 5) is 11.2. The summed E-state index contributed by atoms with van der Waals surface area (Å²) in [5, 5.41) is 0.663. The molecule has 0 saturated heterocycles. The largest absolute Gasteiger partial charge is 0.490 e. The summed E-state index contributed by atoms with van der Waals surface area (Å²) in [5.74, 6) is 1.77. The molecule has 2 aromatic carbocycles. The van der Waals surface area contributed by atoms with Crippen molar-refractivity contribution in [2.75, 3.05) is 7.11 Å². The van der Waals surface area contributed by atoms with E-state index in [1.165, 1.54) is 7.11 Å². The van der Waals surface area contributed by atoms with Gasteiger partial charge >= 0.3 is 5.97 Å². The van der Waals surface area contributed by atoms with Crippen LogP contribution in [0, 0.1) is 0 Å². The Morgan fingerprint density at radius 1 is 1.00 bits per heavy atom. The average molecular weight is 321 g/mol. The van der Waals surface area contributed by atoms with Crippen molar-refractivity contribution < 1.29 is 19.0 Å². The fourth-order valence-corrected chi connectivity index (χ4v) is 1.94. The molecule has 0 aliphatic heterocycles. The van der Waals surface area contributed by atoms with Crippen LogP contribution < -0.4 is 9.47 Å². The molecule has 0 spiro atoms. The Balaban J connectivity index is 1.92. The van der Waals surface area contributed by atoms with Gasteiger partial charge in [-0.05, 0) is 55.5 Å². The van der Waals surface area contributed by atoms with Crippen molar-refractivity contribution in [2.24, 2.45) is 0 Å². The van der Waals surface area contributed by atoms with Crippen LogP contribution >= 0.6 is 11.6 Å². The van der Waals surface area contributed by atoms with E-state index in [0.29, 0.717) is 22.3 Å². The molecule has 0 amide bonds. The topological polar surface area (TPSA) is 44.8 Å². The van der Waals surface area contributed by atoms with Crippen LogP contribution in [0.5, 0.6) is 17.2 Å². The van der Waals surface area contributed by atoms with Gasteiger partial charge in [-0.3, -0.25) is 4.79 Å². The maximum Gasteiger partial charge on any atom is 0.309 e. The minimum atomic E-state index is -0.296. The zero-order valence-corrected chi connectivity index (χ0v) is 13.2. The maximum absolute atomic E-state index is 11.2. The smallest absolute Gasteiger partial charge is 0.309 e. The van der Waals surface area contributed by atoms with Crippen LogP contribution in [0.3, 0.4) is 0 Å². The van der Waals surface area contributed by atoms with Crippen LogP contribution in [-0.4, -0.2) is 19.2 Å². The number of hydrogen-bond donors (Lipinski definition) is 0. The molecule has 0 fully saturated rings. The van der Waals surface area contributed by atoms with E-state index in [1.54, 1.807) is 48.5 Å². The van der Waals surface area contributed by atoms with Gasteiger partial charge in [0.2, 0.25) is 0 Å². The summed E-state index contributed by atoms with van der Waals surface area (Å²) in [6, 6.07) is 14.3. The Kier molecular flexibility index (Phi) is 5.67. The molecule has 4 nitrogen and oxygen atoms in total. The van der Waals surface area contributed by atoms with Gasteiger partial charge in [-0.15, -0.1) is 0 Å².